The Balaban J connectivity index is 1.46. The van der Waals surface area contributed by atoms with E-state index in [2.05, 4.69) is 9.97 Å². The highest BCUT2D eigenvalue weighted by Crippen LogP contribution is 2.39. The molecule has 6 rings (SSSR count). The zero-order valence-electron chi connectivity index (χ0n) is 21.4. The summed E-state index contributed by atoms with van der Waals surface area (Å²) < 4.78 is 66.3. The number of sulfonamides is 1. The normalized spacial score (nSPS) is 16.3. The molecule has 1 aliphatic rings. The highest BCUT2D eigenvalue weighted by atomic mass is 35.5. The first-order chi connectivity index (χ1) is 19.6. The first kappa shape index (κ1) is 27.8. The zero-order valence-corrected chi connectivity index (χ0v) is 23.8. The standard InChI is InChI=1S/C28H23ClF3N5O2S2/c29-21-4-1-18(2-5-21)25(27-34-13-16-40-27)20-3-6-23-24(17-20)37(26(35-23)19-7-11-33-12-8-19)22-9-14-36(15-10-22)41(38,39)28(30,31)32/h1-8,11-13,16-17,22,25H,9-10,14-15H2. The van der Waals surface area contributed by atoms with Crippen molar-refractivity contribution in [1.82, 2.24) is 23.8 Å². The molecular formula is C28H23ClF3N5O2S2. The zero-order chi connectivity index (χ0) is 28.8. The number of hydrogen-bond donors (Lipinski definition) is 0. The first-order valence-electron chi connectivity index (χ1n) is 12.8. The molecule has 7 nitrogen and oxygen atoms in total. The lowest BCUT2D eigenvalue weighted by Crippen LogP contribution is -2.45. The maximum absolute atomic E-state index is 13.2. The van der Waals surface area contributed by atoms with Gasteiger partial charge in [-0.3, -0.25) is 4.98 Å². The van der Waals surface area contributed by atoms with Crippen LogP contribution >= 0.6 is 22.9 Å². The molecule has 0 N–H and O–H groups in total. The monoisotopic (exact) mass is 617 g/mol. The molecule has 1 fully saturated rings. The summed E-state index contributed by atoms with van der Waals surface area (Å²) in [5, 5.41) is 3.45. The van der Waals surface area contributed by atoms with Crippen LogP contribution in [0, 0.1) is 0 Å². The summed E-state index contributed by atoms with van der Waals surface area (Å²) in [5.74, 6) is 0.470. The van der Waals surface area contributed by atoms with Crippen LogP contribution in [0.3, 0.4) is 0 Å². The van der Waals surface area contributed by atoms with Crippen LogP contribution in [0.1, 0.15) is 40.9 Å². The Morgan fingerprint density at radius 3 is 2.27 bits per heavy atom. The smallest absolute Gasteiger partial charge is 0.321 e. The number of alkyl halides is 3. The number of thiazole rings is 1. The number of hydrogen-bond acceptors (Lipinski definition) is 6. The van der Waals surface area contributed by atoms with Gasteiger partial charge >= 0.3 is 15.5 Å². The topological polar surface area (TPSA) is 81.0 Å². The lowest BCUT2D eigenvalue weighted by molar-refractivity contribution is -0.0496. The van der Waals surface area contributed by atoms with E-state index in [9.17, 15) is 21.6 Å². The average Bonchev–Trinajstić information content (AvgIpc) is 3.63. The van der Waals surface area contributed by atoms with Crippen LogP contribution in [-0.4, -0.2) is 50.8 Å². The van der Waals surface area contributed by atoms with Gasteiger partial charge in [0.05, 0.1) is 17.0 Å². The van der Waals surface area contributed by atoms with Crippen molar-refractivity contribution >= 4 is 44.0 Å². The molecule has 0 saturated carbocycles. The van der Waals surface area contributed by atoms with Gasteiger partial charge in [0, 0.05) is 53.7 Å². The van der Waals surface area contributed by atoms with Crippen molar-refractivity contribution in [1.29, 1.82) is 0 Å². The fourth-order valence-electron chi connectivity index (χ4n) is 5.36. The lowest BCUT2D eigenvalue weighted by Gasteiger charge is -2.33. The minimum absolute atomic E-state index is 0.178. The third kappa shape index (κ3) is 5.25. The third-order valence-electron chi connectivity index (χ3n) is 7.31. The maximum Gasteiger partial charge on any atom is 0.511 e. The van der Waals surface area contributed by atoms with Crippen molar-refractivity contribution in [2.24, 2.45) is 0 Å². The Morgan fingerprint density at radius 2 is 1.63 bits per heavy atom. The molecule has 3 aromatic heterocycles. The Kier molecular flexibility index (Phi) is 7.35. The van der Waals surface area contributed by atoms with Crippen molar-refractivity contribution in [3.63, 3.8) is 0 Å². The summed E-state index contributed by atoms with van der Waals surface area (Å²) >= 11 is 7.71. The summed E-state index contributed by atoms with van der Waals surface area (Å²) in [6, 6.07) is 17.0. The largest absolute Gasteiger partial charge is 0.511 e. The molecule has 1 atom stereocenters. The Morgan fingerprint density at radius 1 is 0.951 bits per heavy atom. The molecule has 1 saturated heterocycles. The van der Waals surface area contributed by atoms with Gasteiger partial charge in [-0.1, -0.05) is 29.8 Å². The number of rotatable bonds is 6. The SMILES string of the molecule is O=S(=O)(N1CCC(n2c(-c3ccncc3)nc3ccc(C(c4ccc(Cl)cc4)c4nccs4)cc32)CC1)C(F)(F)F. The summed E-state index contributed by atoms with van der Waals surface area (Å²) in [6.07, 6.45) is 5.48. The summed E-state index contributed by atoms with van der Waals surface area (Å²) in [5.41, 5.74) is -1.02. The van der Waals surface area contributed by atoms with Crippen molar-refractivity contribution in [2.75, 3.05) is 13.1 Å². The van der Waals surface area contributed by atoms with Gasteiger partial charge in [-0.2, -0.15) is 17.5 Å². The second-order valence-electron chi connectivity index (χ2n) is 9.73. The Labute approximate surface area is 243 Å². The van der Waals surface area contributed by atoms with E-state index in [1.54, 1.807) is 29.9 Å². The Hall–Kier alpha value is -3.32. The van der Waals surface area contributed by atoms with Gasteiger partial charge < -0.3 is 4.57 Å². The number of benzene rings is 2. The van der Waals surface area contributed by atoms with Crippen molar-refractivity contribution in [2.45, 2.75) is 30.3 Å². The first-order valence-corrected chi connectivity index (χ1v) is 15.5. The molecule has 1 aliphatic heterocycles. The van der Waals surface area contributed by atoms with Gasteiger partial charge in [0.2, 0.25) is 0 Å². The molecule has 4 heterocycles. The molecular weight excluding hydrogens is 595 g/mol. The van der Waals surface area contributed by atoms with Gasteiger partial charge in [0.1, 0.15) is 10.8 Å². The van der Waals surface area contributed by atoms with E-state index in [1.807, 2.05) is 64.5 Å². The number of fused-ring (bicyclic) bond motifs is 1. The Bertz CT molecular complexity index is 1770. The van der Waals surface area contributed by atoms with Gasteiger partial charge in [-0.05, 0) is 60.4 Å². The third-order valence-corrected chi connectivity index (χ3v) is 10.0. The predicted octanol–water partition coefficient (Wildman–Crippen LogP) is 6.87. The van der Waals surface area contributed by atoms with Crippen LogP contribution in [0.25, 0.3) is 22.4 Å². The molecule has 41 heavy (non-hydrogen) atoms. The minimum atomic E-state index is -5.39. The van der Waals surface area contributed by atoms with E-state index in [-0.39, 0.29) is 37.9 Å². The summed E-state index contributed by atoms with van der Waals surface area (Å²) in [7, 11) is -5.39. The predicted molar refractivity (Wildman–Crippen MR) is 152 cm³/mol. The van der Waals surface area contributed by atoms with Gasteiger partial charge in [0.25, 0.3) is 0 Å². The number of piperidine rings is 1. The van der Waals surface area contributed by atoms with Gasteiger partial charge in [-0.25, -0.2) is 18.4 Å². The molecule has 0 aliphatic carbocycles. The molecule has 0 radical (unpaired) electrons. The molecule has 0 bridgehead atoms. The molecule has 0 amide bonds. The van der Waals surface area contributed by atoms with Crippen LogP contribution in [0.15, 0.2) is 78.6 Å². The van der Waals surface area contributed by atoms with Crippen molar-refractivity contribution in [3.05, 3.63) is 99.7 Å². The van der Waals surface area contributed by atoms with Crippen LogP contribution in [0.5, 0.6) is 0 Å². The summed E-state index contributed by atoms with van der Waals surface area (Å²) in [4.78, 5) is 13.6. The molecule has 13 heteroatoms. The molecule has 1 unspecified atom stereocenters. The number of pyridine rings is 1. The average molecular weight is 618 g/mol. The lowest BCUT2D eigenvalue weighted by atomic mass is 9.91. The summed E-state index contributed by atoms with van der Waals surface area (Å²) in [6.45, 7) is -0.484. The fraction of sp³-hybridized carbons (Fsp3) is 0.250. The van der Waals surface area contributed by atoms with Crippen molar-refractivity contribution in [3.8, 4) is 11.4 Å². The van der Waals surface area contributed by atoms with Gasteiger partial charge in [0.15, 0.2) is 0 Å². The van der Waals surface area contributed by atoms with Crippen LogP contribution < -0.4 is 0 Å². The van der Waals surface area contributed by atoms with E-state index in [0.717, 1.165) is 32.7 Å². The van der Waals surface area contributed by atoms with E-state index in [1.165, 1.54) is 0 Å². The maximum atomic E-state index is 13.2. The van der Waals surface area contributed by atoms with Crippen LogP contribution in [0.2, 0.25) is 5.02 Å². The number of nitrogens with zero attached hydrogens (tertiary/aromatic N) is 5. The highest BCUT2D eigenvalue weighted by molar-refractivity contribution is 7.90. The van der Waals surface area contributed by atoms with E-state index >= 15 is 0 Å². The number of aromatic nitrogens is 4. The molecule has 2 aromatic carbocycles. The quantitative estimate of drug-likeness (QED) is 0.208. The van der Waals surface area contributed by atoms with Crippen LogP contribution in [0.4, 0.5) is 13.2 Å². The second kappa shape index (κ2) is 10.8. The van der Waals surface area contributed by atoms with E-state index in [0.29, 0.717) is 15.2 Å². The van der Waals surface area contributed by atoms with Gasteiger partial charge in [-0.15, -0.1) is 11.3 Å². The molecule has 0 spiro atoms. The minimum Gasteiger partial charge on any atom is -0.321 e. The van der Waals surface area contributed by atoms with Crippen molar-refractivity contribution < 1.29 is 21.6 Å². The number of imidazole rings is 1. The molecule has 5 aromatic rings. The van der Waals surface area contributed by atoms with E-state index in [4.69, 9.17) is 16.6 Å². The number of halogens is 4. The van der Waals surface area contributed by atoms with Crippen LogP contribution in [-0.2, 0) is 10.0 Å². The second-order valence-corrected chi connectivity index (χ2v) is 13.0. The highest BCUT2D eigenvalue weighted by Gasteiger charge is 2.50. The fourth-order valence-corrected chi connectivity index (χ4v) is 7.26. The van der Waals surface area contributed by atoms with E-state index < -0.39 is 15.5 Å². The molecule has 212 valence electrons.